The minimum absolute atomic E-state index is 0. The quantitative estimate of drug-likeness (QED) is 0.841. The van der Waals surface area contributed by atoms with Crippen LogP contribution in [0.3, 0.4) is 0 Å². The Hall–Kier alpha value is -0.640. The van der Waals surface area contributed by atoms with Gasteiger partial charge >= 0.3 is 0 Å². The molecular formula is C12H20ClN3. The van der Waals surface area contributed by atoms with Gasteiger partial charge in [0, 0.05) is 12.7 Å². The van der Waals surface area contributed by atoms with Crippen LogP contribution >= 0.6 is 12.4 Å². The molecule has 0 bridgehead atoms. The van der Waals surface area contributed by atoms with E-state index < -0.39 is 0 Å². The SMILES string of the molecule is Cl.c1ccc(CNCC2CCCNC2)nc1. The highest BCUT2D eigenvalue weighted by atomic mass is 35.5. The van der Waals surface area contributed by atoms with Crippen molar-refractivity contribution < 1.29 is 0 Å². The summed E-state index contributed by atoms with van der Waals surface area (Å²) in [5, 5.41) is 6.90. The summed E-state index contributed by atoms with van der Waals surface area (Å²) in [5.41, 5.74) is 1.13. The van der Waals surface area contributed by atoms with Crippen molar-refractivity contribution in [2.24, 2.45) is 5.92 Å². The van der Waals surface area contributed by atoms with Gasteiger partial charge in [-0.25, -0.2) is 0 Å². The van der Waals surface area contributed by atoms with Gasteiger partial charge in [0.2, 0.25) is 0 Å². The molecule has 1 aliphatic rings. The second kappa shape index (κ2) is 7.60. The largest absolute Gasteiger partial charge is 0.316 e. The molecule has 2 rings (SSSR count). The fraction of sp³-hybridized carbons (Fsp3) is 0.583. The van der Waals surface area contributed by atoms with Crippen LogP contribution in [0.15, 0.2) is 24.4 Å². The Morgan fingerprint density at radius 3 is 3.06 bits per heavy atom. The molecule has 1 aromatic heterocycles. The molecule has 0 saturated carbocycles. The monoisotopic (exact) mass is 241 g/mol. The van der Waals surface area contributed by atoms with E-state index in [1.165, 1.54) is 19.4 Å². The highest BCUT2D eigenvalue weighted by molar-refractivity contribution is 5.85. The molecule has 1 atom stereocenters. The van der Waals surface area contributed by atoms with Crippen LogP contribution in [-0.2, 0) is 6.54 Å². The molecule has 4 heteroatoms. The maximum Gasteiger partial charge on any atom is 0.0541 e. The van der Waals surface area contributed by atoms with E-state index in [2.05, 4.69) is 21.7 Å². The van der Waals surface area contributed by atoms with Crippen LogP contribution in [0.2, 0.25) is 0 Å². The second-order valence-corrected chi connectivity index (χ2v) is 4.16. The van der Waals surface area contributed by atoms with Gasteiger partial charge < -0.3 is 10.6 Å². The third-order valence-electron chi connectivity index (χ3n) is 2.86. The summed E-state index contributed by atoms with van der Waals surface area (Å²) < 4.78 is 0. The number of nitrogens with one attached hydrogen (secondary N) is 2. The number of pyridine rings is 1. The van der Waals surface area contributed by atoms with E-state index in [1.54, 1.807) is 0 Å². The Bertz CT molecular complexity index is 273. The summed E-state index contributed by atoms with van der Waals surface area (Å²) in [4.78, 5) is 4.28. The van der Waals surface area contributed by atoms with Crippen LogP contribution in [0.1, 0.15) is 18.5 Å². The molecule has 0 aliphatic carbocycles. The van der Waals surface area contributed by atoms with Gasteiger partial charge in [-0.15, -0.1) is 12.4 Å². The average Bonchev–Trinajstić information content (AvgIpc) is 2.32. The molecule has 3 nitrogen and oxygen atoms in total. The minimum Gasteiger partial charge on any atom is -0.316 e. The maximum atomic E-state index is 4.28. The van der Waals surface area contributed by atoms with Crippen LogP contribution in [0.25, 0.3) is 0 Å². The zero-order valence-corrected chi connectivity index (χ0v) is 10.3. The Kier molecular flexibility index (Phi) is 6.38. The maximum absolute atomic E-state index is 4.28. The first kappa shape index (κ1) is 13.4. The average molecular weight is 242 g/mol. The van der Waals surface area contributed by atoms with Crippen LogP contribution < -0.4 is 10.6 Å². The predicted molar refractivity (Wildman–Crippen MR) is 68.8 cm³/mol. The van der Waals surface area contributed by atoms with Gasteiger partial charge in [0.25, 0.3) is 0 Å². The van der Waals surface area contributed by atoms with E-state index in [0.717, 1.165) is 31.2 Å². The lowest BCUT2D eigenvalue weighted by molar-refractivity contribution is 0.359. The van der Waals surface area contributed by atoms with Crippen LogP contribution in [-0.4, -0.2) is 24.6 Å². The van der Waals surface area contributed by atoms with E-state index in [9.17, 15) is 0 Å². The molecule has 1 unspecified atom stereocenters. The molecule has 1 aromatic rings. The Morgan fingerprint density at radius 2 is 2.38 bits per heavy atom. The molecule has 0 aromatic carbocycles. The van der Waals surface area contributed by atoms with Gasteiger partial charge in [-0.05, 0) is 50.5 Å². The molecule has 90 valence electrons. The van der Waals surface area contributed by atoms with Crippen molar-refractivity contribution >= 4 is 12.4 Å². The third kappa shape index (κ3) is 4.47. The molecule has 0 radical (unpaired) electrons. The minimum atomic E-state index is 0. The summed E-state index contributed by atoms with van der Waals surface area (Å²) >= 11 is 0. The highest BCUT2D eigenvalue weighted by Crippen LogP contribution is 2.08. The molecule has 1 aliphatic heterocycles. The van der Waals surface area contributed by atoms with Crippen molar-refractivity contribution in [2.75, 3.05) is 19.6 Å². The lowest BCUT2D eigenvalue weighted by atomic mass is 10.00. The van der Waals surface area contributed by atoms with Crippen molar-refractivity contribution in [3.05, 3.63) is 30.1 Å². The molecule has 0 amide bonds. The molecule has 0 spiro atoms. The van der Waals surface area contributed by atoms with Crippen LogP contribution in [0.4, 0.5) is 0 Å². The molecule has 2 heterocycles. The van der Waals surface area contributed by atoms with Gasteiger partial charge in [0.05, 0.1) is 5.69 Å². The second-order valence-electron chi connectivity index (χ2n) is 4.16. The summed E-state index contributed by atoms with van der Waals surface area (Å²) in [6, 6.07) is 6.05. The molecule has 1 fully saturated rings. The summed E-state index contributed by atoms with van der Waals surface area (Å²) in [6.45, 7) is 4.34. The topological polar surface area (TPSA) is 37.0 Å². The first-order valence-electron chi connectivity index (χ1n) is 5.76. The van der Waals surface area contributed by atoms with Crippen molar-refractivity contribution in [3.63, 3.8) is 0 Å². The smallest absolute Gasteiger partial charge is 0.0541 e. The Morgan fingerprint density at radius 1 is 1.44 bits per heavy atom. The number of hydrogen-bond acceptors (Lipinski definition) is 3. The number of halogens is 1. The normalized spacial score (nSPS) is 20.1. The number of piperidine rings is 1. The predicted octanol–water partition coefficient (Wildman–Crippen LogP) is 1.59. The van der Waals surface area contributed by atoms with Crippen molar-refractivity contribution in [1.29, 1.82) is 0 Å². The fourth-order valence-electron chi connectivity index (χ4n) is 2.01. The standard InChI is InChI=1S/C12H19N3.ClH/c1-2-7-15-12(5-1)10-14-9-11-4-3-6-13-8-11;/h1-2,5,7,11,13-14H,3-4,6,8-10H2;1H. The van der Waals surface area contributed by atoms with Crippen molar-refractivity contribution in [1.82, 2.24) is 15.6 Å². The summed E-state index contributed by atoms with van der Waals surface area (Å²) in [6.07, 6.45) is 4.51. The number of nitrogens with zero attached hydrogens (tertiary/aromatic N) is 1. The van der Waals surface area contributed by atoms with Gasteiger partial charge in [0.1, 0.15) is 0 Å². The fourth-order valence-corrected chi connectivity index (χ4v) is 2.01. The van der Waals surface area contributed by atoms with Crippen molar-refractivity contribution in [3.8, 4) is 0 Å². The van der Waals surface area contributed by atoms with Gasteiger partial charge in [-0.2, -0.15) is 0 Å². The summed E-state index contributed by atoms with van der Waals surface area (Å²) in [7, 11) is 0. The third-order valence-corrected chi connectivity index (χ3v) is 2.86. The highest BCUT2D eigenvalue weighted by Gasteiger charge is 2.11. The van der Waals surface area contributed by atoms with E-state index in [0.29, 0.717) is 0 Å². The van der Waals surface area contributed by atoms with Crippen LogP contribution in [0.5, 0.6) is 0 Å². The van der Waals surface area contributed by atoms with Crippen molar-refractivity contribution in [2.45, 2.75) is 19.4 Å². The summed E-state index contributed by atoms with van der Waals surface area (Å²) in [5.74, 6) is 0.794. The van der Waals surface area contributed by atoms with Crippen LogP contribution in [0, 0.1) is 5.92 Å². The van der Waals surface area contributed by atoms with Gasteiger partial charge in [0.15, 0.2) is 0 Å². The van der Waals surface area contributed by atoms with E-state index in [-0.39, 0.29) is 12.4 Å². The molecule has 1 saturated heterocycles. The Labute approximate surface area is 103 Å². The molecule has 16 heavy (non-hydrogen) atoms. The zero-order chi connectivity index (χ0) is 10.3. The first-order chi connectivity index (χ1) is 7.45. The number of rotatable bonds is 4. The van der Waals surface area contributed by atoms with Gasteiger partial charge in [-0.3, -0.25) is 4.98 Å². The van der Waals surface area contributed by atoms with E-state index in [1.807, 2.05) is 18.3 Å². The zero-order valence-electron chi connectivity index (χ0n) is 9.48. The Balaban J connectivity index is 0.00000128. The first-order valence-corrected chi connectivity index (χ1v) is 5.76. The lowest BCUT2D eigenvalue weighted by Gasteiger charge is -2.22. The van der Waals surface area contributed by atoms with Gasteiger partial charge in [-0.1, -0.05) is 6.07 Å². The molecular weight excluding hydrogens is 222 g/mol. The lowest BCUT2D eigenvalue weighted by Crippen LogP contribution is -2.35. The van der Waals surface area contributed by atoms with E-state index in [4.69, 9.17) is 0 Å². The number of hydrogen-bond donors (Lipinski definition) is 2. The molecule has 2 N–H and O–H groups in total. The van der Waals surface area contributed by atoms with E-state index >= 15 is 0 Å². The number of aromatic nitrogens is 1.